The van der Waals surface area contributed by atoms with Crippen LogP contribution in [0.15, 0.2) is 70.5 Å². The Hall–Kier alpha value is -3.76. The number of hydrogen-bond acceptors (Lipinski definition) is 7. The fourth-order valence-electron chi connectivity index (χ4n) is 3.65. The summed E-state index contributed by atoms with van der Waals surface area (Å²) >= 11 is 0. The molecule has 10 heteroatoms. The van der Waals surface area contributed by atoms with E-state index in [9.17, 15) is 18.3 Å². The molecule has 9 nitrogen and oxygen atoms in total. The van der Waals surface area contributed by atoms with Crippen molar-refractivity contribution in [1.82, 2.24) is 20.4 Å². The molecule has 0 saturated carbocycles. The van der Waals surface area contributed by atoms with Crippen molar-refractivity contribution in [2.24, 2.45) is 5.84 Å². The second-order valence-corrected chi connectivity index (χ2v) is 10.9. The van der Waals surface area contributed by atoms with Crippen LogP contribution < -0.4 is 11.3 Å². The summed E-state index contributed by atoms with van der Waals surface area (Å²) in [7, 11) is -3.73. The van der Waals surface area contributed by atoms with E-state index in [2.05, 4.69) is 15.6 Å². The van der Waals surface area contributed by atoms with Crippen LogP contribution in [0.3, 0.4) is 0 Å². The third kappa shape index (κ3) is 4.37. The van der Waals surface area contributed by atoms with Gasteiger partial charge in [0.25, 0.3) is 0 Å². The van der Waals surface area contributed by atoms with Crippen LogP contribution in [0.1, 0.15) is 31.9 Å². The Morgan fingerprint density at radius 2 is 1.68 bits per heavy atom. The molecular weight excluding hydrogens is 454 g/mol. The highest BCUT2D eigenvalue weighted by molar-refractivity contribution is 7.91. The molecule has 4 N–H and O–H groups in total. The number of nitrogens with one attached hydrogen (secondary N) is 1. The topological polar surface area (TPSA) is 140 Å². The summed E-state index contributed by atoms with van der Waals surface area (Å²) in [5, 5.41) is 19.9. The molecule has 176 valence electrons. The quantitative estimate of drug-likeness (QED) is 0.227. The smallest absolute Gasteiger partial charge is 0.238 e. The minimum absolute atomic E-state index is 0.00706. The zero-order valence-electron chi connectivity index (χ0n) is 19.0. The van der Waals surface area contributed by atoms with Crippen LogP contribution in [0.25, 0.3) is 16.7 Å². The van der Waals surface area contributed by atoms with Crippen LogP contribution >= 0.6 is 0 Å². The monoisotopic (exact) mass is 479 g/mol. The van der Waals surface area contributed by atoms with Crippen LogP contribution in [0, 0.1) is 0 Å². The predicted molar refractivity (Wildman–Crippen MR) is 127 cm³/mol. The van der Waals surface area contributed by atoms with E-state index in [0.29, 0.717) is 22.2 Å². The zero-order chi connectivity index (χ0) is 24.7. The van der Waals surface area contributed by atoms with Crippen molar-refractivity contribution >= 4 is 26.8 Å². The van der Waals surface area contributed by atoms with Crippen molar-refractivity contribution in [1.29, 1.82) is 0 Å². The van der Waals surface area contributed by atoms with E-state index in [4.69, 9.17) is 5.84 Å². The number of amides is 1. The van der Waals surface area contributed by atoms with E-state index >= 15 is 0 Å². The summed E-state index contributed by atoms with van der Waals surface area (Å²) in [4.78, 5) is 13.4. The number of benzene rings is 3. The average molecular weight is 480 g/mol. The van der Waals surface area contributed by atoms with Gasteiger partial charge in [-0.2, -0.15) is 0 Å². The van der Waals surface area contributed by atoms with E-state index in [0.717, 1.165) is 0 Å². The molecule has 0 unspecified atom stereocenters. The first-order valence-corrected chi connectivity index (χ1v) is 12.0. The molecule has 3 aromatic carbocycles. The minimum atomic E-state index is -3.73. The molecule has 0 spiro atoms. The normalized spacial score (nSPS) is 12.1. The van der Waals surface area contributed by atoms with Gasteiger partial charge in [-0.25, -0.2) is 14.3 Å². The number of hydrazine groups is 1. The number of phenols is 1. The molecular formula is C24H25N5O4S. The number of hydrogen-bond donors (Lipinski definition) is 3. The molecule has 0 aliphatic heterocycles. The Kier molecular flexibility index (Phi) is 5.88. The second kappa shape index (κ2) is 8.54. The van der Waals surface area contributed by atoms with Gasteiger partial charge in [-0.3, -0.25) is 10.2 Å². The maximum absolute atomic E-state index is 13.0. The number of nitrogens with zero attached hydrogens (tertiary/aromatic N) is 3. The Labute approximate surface area is 197 Å². The van der Waals surface area contributed by atoms with Crippen molar-refractivity contribution in [2.45, 2.75) is 42.4 Å². The van der Waals surface area contributed by atoms with Gasteiger partial charge in [-0.15, -0.1) is 15.0 Å². The fourth-order valence-corrected chi connectivity index (χ4v) is 4.95. The molecule has 0 atom stereocenters. The van der Waals surface area contributed by atoms with Crippen LogP contribution in [-0.4, -0.2) is 34.4 Å². The van der Waals surface area contributed by atoms with Crippen molar-refractivity contribution in [3.63, 3.8) is 0 Å². The lowest BCUT2D eigenvalue weighted by Crippen LogP contribution is -2.31. The van der Waals surface area contributed by atoms with Gasteiger partial charge in [0.15, 0.2) is 0 Å². The Balaban J connectivity index is 1.84. The lowest BCUT2D eigenvalue weighted by molar-refractivity contribution is -0.120. The number of carbonyl (C=O) groups excluding carboxylic acids is 1. The maximum Gasteiger partial charge on any atom is 0.238 e. The average Bonchev–Trinajstić information content (AvgIpc) is 3.23. The van der Waals surface area contributed by atoms with Gasteiger partial charge >= 0.3 is 0 Å². The number of rotatable bonds is 5. The first-order valence-electron chi connectivity index (χ1n) is 10.5. The van der Waals surface area contributed by atoms with Crippen molar-refractivity contribution < 1.29 is 18.3 Å². The summed E-state index contributed by atoms with van der Waals surface area (Å²) in [5.74, 6) is 4.83. The number of fused-ring (bicyclic) bond motifs is 1. The number of aromatic hydroxyl groups is 1. The predicted octanol–water partition coefficient (Wildman–Crippen LogP) is 2.79. The molecule has 34 heavy (non-hydrogen) atoms. The van der Waals surface area contributed by atoms with Gasteiger partial charge in [0.2, 0.25) is 15.7 Å². The van der Waals surface area contributed by atoms with Crippen molar-refractivity contribution in [3.8, 4) is 11.4 Å². The largest absolute Gasteiger partial charge is 0.505 e. The molecule has 0 saturated heterocycles. The third-order valence-corrected chi connectivity index (χ3v) is 7.18. The van der Waals surface area contributed by atoms with Gasteiger partial charge in [0.1, 0.15) is 22.5 Å². The van der Waals surface area contributed by atoms with Crippen LogP contribution in [0.4, 0.5) is 0 Å². The van der Waals surface area contributed by atoms with Gasteiger partial charge in [0, 0.05) is 5.56 Å². The van der Waals surface area contributed by atoms with E-state index in [1.165, 1.54) is 29.1 Å². The molecule has 0 fully saturated rings. The number of nitrogens with two attached hydrogens (primary N) is 1. The lowest BCUT2D eigenvalue weighted by Gasteiger charge is -2.23. The molecule has 1 amide bonds. The second-order valence-electron chi connectivity index (χ2n) is 8.96. The van der Waals surface area contributed by atoms with Gasteiger partial charge in [0.05, 0.1) is 16.2 Å². The molecule has 0 bridgehead atoms. The molecule has 0 aliphatic carbocycles. The number of carbonyl (C=O) groups is 1. The first-order chi connectivity index (χ1) is 16.0. The van der Waals surface area contributed by atoms with E-state index in [1.54, 1.807) is 36.4 Å². The summed E-state index contributed by atoms with van der Waals surface area (Å²) in [6.07, 6.45) is 0.00706. The maximum atomic E-state index is 13.0. The van der Waals surface area contributed by atoms with Crippen molar-refractivity contribution in [3.05, 3.63) is 71.8 Å². The van der Waals surface area contributed by atoms with Crippen LogP contribution in [0.5, 0.6) is 5.75 Å². The highest BCUT2D eigenvalue weighted by Gasteiger charge is 2.24. The van der Waals surface area contributed by atoms with Gasteiger partial charge in [-0.1, -0.05) is 45.0 Å². The zero-order valence-corrected chi connectivity index (χ0v) is 19.8. The standard InChI is InChI=1S/C24H25N5O4S/c1-24(2,3)18-11-15(13-22(30)26-25)12-21(23(18)31)29-27-19-10-9-17(14-20(19)28-29)34(32,33)16-7-5-4-6-8-16/h4-12,14,31H,13,25H2,1-3H3,(H,26,30). The lowest BCUT2D eigenvalue weighted by atomic mass is 9.84. The van der Waals surface area contributed by atoms with Crippen LogP contribution in [-0.2, 0) is 26.5 Å². The highest BCUT2D eigenvalue weighted by Crippen LogP contribution is 2.36. The Bertz CT molecular complexity index is 1490. The van der Waals surface area contributed by atoms with E-state index in [-0.39, 0.29) is 33.6 Å². The summed E-state index contributed by atoms with van der Waals surface area (Å²) in [6, 6.07) is 16.0. The molecule has 4 aromatic rings. The summed E-state index contributed by atoms with van der Waals surface area (Å²) < 4.78 is 26.0. The first kappa shape index (κ1) is 23.4. The molecule has 0 aliphatic rings. The van der Waals surface area contributed by atoms with E-state index < -0.39 is 15.3 Å². The summed E-state index contributed by atoms with van der Waals surface area (Å²) in [5.41, 5.74) is 3.97. The number of aromatic nitrogens is 3. The highest BCUT2D eigenvalue weighted by atomic mass is 32.2. The number of sulfone groups is 1. The van der Waals surface area contributed by atoms with Gasteiger partial charge in [-0.05, 0) is 47.4 Å². The SMILES string of the molecule is CC(C)(C)c1cc(CC(=O)NN)cc(-n2nc3ccc(S(=O)(=O)c4ccccc4)cc3n2)c1O. The minimum Gasteiger partial charge on any atom is -0.505 e. The third-order valence-electron chi connectivity index (χ3n) is 5.41. The summed E-state index contributed by atoms with van der Waals surface area (Å²) in [6.45, 7) is 5.81. The van der Waals surface area contributed by atoms with Crippen molar-refractivity contribution in [2.75, 3.05) is 0 Å². The molecule has 1 heterocycles. The Morgan fingerprint density at radius 3 is 2.32 bits per heavy atom. The molecule has 1 aromatic heterocycles. The van der Waals surface area contributed by atoms with Crippen LogP contribution in [0.2, 0.25) is 0 Å². The fraction of sp³-hybridized carbons (Fsp3) is 0.208. The Morgan fingerprint density at radius 1 is 1.00 bits per heavy atom. The van der Waals surface area contributed by atoms with Gasteiger partial charge < -0.3 is 5.11 Å². The molecule has 4 rings (SSSR count). The number of phenolic OH excluding ortho intramolecular Hbond substituents is 1. The van der Waals surface area contributed by atoms with E-state index in [1.807, 2.05) is 20.8 Å². The molecule has 0 radical (unpaired) electrons.